The van der Waals surface area contributed by atoms with Crippen molar-refractivity contribution in [2.75, 3.05) is 58.9 Å². The summed E-state index contributed by atoms with van der Waals surface area (Å²) in [5, 5.41) is 15.3. The summed E-state index contributed by atoms with van der Waals surface area (Å²) in [7, 11) is 0. The van der Waals surface area contributed by atoms with Gasteiger partial charge in [0, 0.05) is 70.7 Å². The standard InChI is InChI=1S/C45H74N6O4/c1-2-39(32-7-4-3-5-8-32)43(34-13-16-38(52)17-14-34)33-11-9-31(10-12-33)36-28-46-50(29-36)22-6-21-48-23-25-49(26-24-48)37-15-18-40-35(27-37)30-51(45(40)55)41-19-20-42(53)47-44(41)54/h31-38,40-41,46,52H,2-30H2,1H3,(H,47,53,54)/b43-39+. The maximum atomic E-state index is 13.3. The first-order chi connectivity index (χ1) is 26.8. The van der Waals surface area contributed by atoms with E-state index in [1.807, 2.05) is 11.1 Å². The molecule has 0 bridgehead atoms. The first kappa shape index (κ1) is 40.0. The van der Waals surface area contributed by atoms with E-state index in [2.05, 4.69) is 32.5 Å². The van der Waals surface area contributed by atoms with Gasteiger partial charge in [-0.2, -0.15) is 0 Å². The van der Waals surface area contributed by atoms with E-state index in [1.165, 1.54) is 96.6 Å². The lowest BCUT2D eigenvalue weighted by Crippen LogP contribution is -2.53. The van der Waals surface area contributed by atoms with Crippen molar-refractivity contribution in [3.05, 3.63) is 11.1 Å². The van der Waals surface area contributed by atoms with E-state index in [0.717, 1.165) is 101 Å². The van der Waals surface area contributed by atoms with Crippen LogP contribution in [-0.2, 0) is 14.4 Å². The molecule has 308 valence electrons. The number of nitrogens with zero attached hydrogens (tertiary/aromatic N) is 4. The van der Waals surface area contributed by atoms with Crippen LogP contribution in [0.15, 0.2) is 11.1 Å². The highest BCUT2D eigenvalue weighted by atomic mass is 16.3. The average molecular weight is 763 g/mol. The van der Waals surface area contributed by atoms with Crippen LogP contribution in [0.4, 0.5) is 0 Å². The number of aliphatic hydroxyl groups is 1. The van der Waals surface area contributed by atoms with Crippen molar-refractivity contribution >= 4 is 17.7 Å². The molecule has 3 amide bonds. The SMILES string of the molecule is CC/C(=C(\C1CCC(O)CC1)C1CCC(C2CNN(CCCN3CCN(C4CCC5C(=O)N(C6CCC(=O)NC6=O)CC5C4)CC3)C2)CC1)C1CCCCC1. The number of allylic oxidation sites excluding steroid dienone is 2. The third kappa shape index (κ3) is 9.24. The quantitative estimate of drug-likeness (QED) is 0.187. The van der Waals surface area contributed by atoms with Gasteiger partial charge in [-0.05, 0) is 145 Å². The highest BCUT2D eigenvalue weighted by Crippen LogP contribution is 2.47. The van der Waals surface area contributed by atoms with Crippen LogP contribution in [0.2, 0.25) is 0 Å². The number of hydrogen-bond acceptors (Lipinski definition) is 8. The second-order valence-corrected chi connectivity index (χ2v) is 19.4. The zero-order valence-corrected chi connectivity index (χ0v) is 34.2. The van der Waals surface area contributed by atoms with Gasteiger partial charge in [0.2, 0.25) is 17.7 Å². The zero-order chi connectivity index (χ0) is 37.9. The lowest BCUT2D eigenvalue weighted by Gasteiger charge is -2.42. The Labute approximate surface area is 331 Å². The second-order valence-electron chi connectivity index (χ2n) is 19.4. The predicted octanol–water partition coefficient (Wildman–Crippen LogP) is 5.51. The minimum absolute atomic E-state index is 0.0505. The molecule has 10 nitrogen and oxygen atoms in total. The molecule has 0 spiro atoms. The molecule has 3 N–H and O–H groups in total. The molecule has 8 fully saturated rings. The molecule has 4 saturated heterocycles. The molecule has 4 aliphatic carbocycles. The third-order valence-electron chi connectivity index (χ3n) is 16.3. The number of carbonyl (C=O) groups is 3. The number of carbonyl (C=O) groups excluding carboxylic acids is 3. The van der Waals surface area contributed by atoms with E-state index < -0.39 is 6.04 Å². The fraction of sp³-hybridized carbons (Fsp3) is 0.889. The summed E-state index contributed by atoms with van der Waals surface area (Å²) in [6.45, 7) is 12.3. The average Bonchev–Trinajstić information content (AvgIpc) is 3.82. The molecule has 0 aromatic heterocycles. The fourth-order valence-electron chi connectivity index (χ4n) is 13.2. The van der Waals surface area contributed by atoms with E-state index in [1.54, 1.807) is 4.90 Å². The van der Waals surface area contributed by atoms with Gasteiger partial charge in [-0.1, -0.05) is 37.3 Å². The van der Waals surface area contributed by atoms with Gasteiger partial charge in [-0.25, -0.2) is 5.01 Å². The monoisotopic (exact) mass is 763 g/mol. The molecule has 4 heterocycles. The van der Waals surface area contributed by atoms with Gasteiger partial charge in [0.15, 0.2) is 0 Å². The molecule has 10 heteroatoms. The van der Waals surface area contributed by atoms with Crippen LogP contribution >= 0.6 is 0 Å². The van der Waals surface area contributed by atoms with E-state index in [9.17, 15) is 19.5 Å². The molecule has 0 radical (unpaired) electrons. The van der Waals surface area contributed by atoms with Gasteiger partial charge in [-0.3, -0.25) is 30.0 Å². The van der Waals surface area contributed by atoms with Crippen LogP contribution in [0.1, 0.15) is 135 Å². The van der Waals surface area contributed by atoms with Gasteiger partial charge < -0.3 is 14.9 Å². The van der Waals surface area contributed by atoms with E-state index in [0.29, 0.717) is 31.3 Å². The molecule has 55 heavy (non-hydrogen) atoms. The maximum absolute atomic E-state index is 13.3. The van der Waals surface area contributed by atoms with Crippen LogP contribution in [-0.4, -0.2) is 120 Å². The molecule has 4 aliphatic heterocycles. The zero-order valence-electron chi connectivity index (χ0n) is 34.2. The number of aliphatic hydroxyl groups excluding tert-OH is 1. The Morgan fingerprint density at radius 3 is 2.16 bits per heavy atom. The number of imide groups is 1. The molecular formula is C45H74N6O4. The summed E-state index contributed by atoms with van der Waals surface area (Å²) >= 11 is 0. The number of fused-ring (bicyclic) bond motifs is 1. The van der Waals surface area contributed by atoms with Gasteiger partial charge in [0.05, 0.1) is 6.10 Å². The van der Waals surface area contributed by atoms with Crippen LogP contribution in [0.5, 0.6) is 0 Å². The molecule has 0 aromatic carbocycles. The van der Waals surface area contributed by atoms with Crippen LogP contribution < -0.4 is 10.7 Å². The molecule has 5 atom stereocenters. The highest BCUT2D eigenvalue weighted by Gasteiger charge is 2.49. The van der Waals surface area contributed by atoms with Crippen molar-refractivity contribution < 1.29 is 19.5 Å². The number of piperazine rings is 1. The van der Waals surface area contributed by atoms with Crippen molar-refractivity contribution in [3.63, 3.8) is 0 Å². The van der Waals surface area contributed by atoms with E-state index >= 15 is 0 Å². The first-order valence-electron chi connectivity index (χ1n) is 23.3. The summed E-state index contributed by atoms with van der Waals surface area (Å²) < 4.78 is 0. The van der Waals surface area contributed by atoms with Gasteiger partial charge in [-0.15, -0.1) is 0 Å². The third-order valence-corrected chi connectivity index (χ3v) is 16.3. The fourth-order valence-corrected chi connectivity index (χ4v) is 13.2. The van der Waals surface area contributed by atoms with Gasteiger partial charge in [0.25, 0.3) is 0 Å². The van der Waals surface area contributed by atoms with Gasteiger partial charge in [0.1, 0.15) is 6.04 Å². The number of hydrazine groups is 1. The summed E-state index contributed by atoms with van der Waals surface area (Å²) in [5.41, 5.74) is 7.59. The lowest BCUT2D eigenvalue weighted by atomic mass is 9.66. The predicted molar refractivity (Wildman–Crippen MR) is 216 cm³/mol. The number of hydrogen-bond donors (Lipinski definition) is 3. The summed E-state index contributed by atoms with van der Waals surface area (Å²) in [4.78, 5) is 44.6. The van der Waals surface area contributed by atoms with E-state index in [-0.39, 0.29) is 29.7 Å². The molecule has 8 aliphatic rings. The molecule has 4 saturated carbocycles. The number of piperidine rings is 1. The molecule has 0 aromatic rings. The summed E-state index contributed by atoms with van der Waals surface area (Å²) in [6, 6.07) is 0.0666. The van der Waals surface area contributed by atoms with Crippen molar-refractivity contribution in [2.24, 2.45) is 41.4 Å². The Kier molecular flexibility index (Phi) is 13.4. The number of rotatable bonds is 11. The normalized spacial score (nSPS) is 38.3. The van der Waals surface area contributed by atoms with Crippen LogP contribution in [0, 0.1) is 41.4 Å². The topological polar surface area (TPSA) is 108 Å². The van der Waals surface area contributed by atoms with Gasteiger partial charge >= 0.3 is 0 Å². The van der Waals surface area contributed by atoms with Crippen LogP contribution in [0.25, 0.3) is 0 Å². The van der Waals surface area contributed by atoms with Crippen molar-refractivity contribution in [1.82, 2.24) is 30.5 Å². The Morgan fingerprint density at radius 2 is 1.45 bits per heavy atom. The first-order valence-corrected chi connectivity index (χ1v) is 23.3. The smallest absolute Gasteiger partial charge is 0.249 e. The summed E-state index contributed by atoms with van der Waals surface area (Å²) in [5.74, 6) is 4.00. The van der Waals surface area contributed by atoms with Crippen molar-refractivity contribution in [2.45, 2.75) is 154 Å². The Hall–Kier alpha value is -1.85. The largest absolute Gasteiger partial charge is 0.393 e. The Bertz CT molecular complexity index is 1360. The second kappa shape index (κ2) is 18.4. The van der Waals surface area contributed by atoms with Crippen LogP contribution in [0.3, 0.4) is 0 Å². The highest BCUT2D eigenvalue weighted by molar-refractivity contribution is 6.02. The van der Waals surface area contributed by atoms with E-state index in [4.69, 9.17) is 0 Å². The molecule has 5 unspecified atom stereocenters. The lowest BCUT2D eigenvalue weighted by molar-refractivity contribution is -0.144. The Balaban J connectivity index is 0.746. The maximum Gasteiger partial charge on any atom is 0.249 e. The number of nitrogens with one attached hydrogen (secondary N) is 2. The summed E-state index contributed by atoms with van der Waals surface area (Å²) in [6.07, 6.45) is 23.3. The number of likely N-dealkylation sites (tertiary alicyclic amines) is 1. The van der Waals surface area contributed by atoms with Crippen molar-refractivity contribution in [3.8, 4) is 0 Å². The Morgan fingerprint density at radius 1 is 0.727 bits per heavy atom. The minimum Gasteiger partial charge on any atom is -0.393 e. The molecule has 8 rings (SSSR count). The van der Waals surface area contributed by atoms with Crippen molar-refractivity contribution in [1.29, 1.82) is 0 Å². The minimum atomic E-state index is -0.469. The molecular weight excluding hydrogens is 689 g/mol. The number of amides is 3.